The van der Waals surface area contributed by atoms with Gasteiger partial charge in [0.05, 0.1) is 6.20 Å². The largest absolute Gasteiger partial charge is 0.384 e. The SMILES string of the molecule is CC(NCC(C)(O)c1cnn(C)c1)c1cc(Cl)cc(Cl)c1. The summed E-state index contributed by atoms with van der Waals surface area (Å²) in [5, 5.41) is 19.1. The van der Waals surface area contributed by atoms with Gasteiger partial charge in [-0.2, -0.15) is 5.10 Å². The lowest BCUT2D eigenvalue weighted by atomic mass is 9.98. The van der Waals surface area contributed by atoms with Gasteiger partial charge in [-0.05, 0) is 37.6 Å². The molecular weight excluding hydrogens is 309 g/mol. The van der Waals surface area contributed by atoms with E-state index in [4.69, 9.17) is 23.2 Å². The molecule has 0 spiro atoms. The summed E-state index contributed by atoms with van der Waals surface area (Å²) in [5.74, 6) is 0. The maximum atomic E-state index is 10.5. The van der Waals surface area contributed by atoms with E-state index in [1.807, 2.05) is 32.3 Å². The third-order valence-corrected chi connectivity index (χ3v) is 3.90. The Balaban J connectivity index is 2.04. The molecule has 0 aliphatic heterocycles. The molecule has 114 valence electrons. The lowest BCUT2D eigenvalue weighted by molar-refractivity contribution is 0.0543. The van der Waals surface area contributed by atoms with Crippen LogP contribution in [0, 0.1) is 0 Å². The molecule has 0 aliphatic carbocycles. The number of hydrogen-bond donors (Lipinski definition) is 2. The second-order valence-corrected chi connectivity index (χ2v) is 6.35. The fraction of sp³-hybridized carbons (Fsp3) is 0.400. The first kappa shape index (κ1) is 16.3. The van der Waals surface area contributed by atoms with Crippen LogP contribution in [0.3, 0.4) is 0 Å². The van der Waals surface area contributed by atoms with Crippen LogP contribution in [-0.4, -0.2) is 21.4 Å². The fourth-order valence-electron chi connectivity index (χ4n) is 2.10. The van der Waals surface area contributed by atoms with Gasteiger partial charge in [0.2, 0.25) is 0 Å². The smallest absolute Gasteiger partial charge is 0.102 e. The average Bonchev–Trinajstić information content (AvgIpc) is 2.82. The summed E-state index contributed by atoms with van der Waals surface area (Å²) in [4.78, 5) is 0. The zero-order valence-corrected chi connectivity index (χ0v) is 13.8. The maximum absolute atomic E-state index is 10.5. The summed E-state index contributed by atoms with van der Waals surface area (Å²) in [7, 11) is 1.82. The van der Waals surface area contributed by atoms with E-state index in [2.05, 4.69) is 10.4 Å². The molecule has 2 rings (SSSR count). The van der Waals surface area contributed by atoms with Gasteiger partial charge >= 0.3 is 0 Å². The van der Waals surface area contributed by atoms with Crippen molar-refractivity contribution in [3.8, 4) is 0 Å². The van der Waals surface area contributed by atoms with Crippen LogP contribution in [0.25, 0.3) is 0 Å². The van der Waals surface area contributed by atoms with Crippen molar-refractivity contribution in [1.29, 1.82) is 0 Å². The Labute approximate surface area is 134 Å². The van der Waals surface area contributed by atoms with Crippen molar-refractivity contribution in [1.82, 2.24) is 15.1 Å². The van der Waals surface area contributed by atoms with Gasteiger partial charge in [0, 0.05) is 41.4 Å². The molecule has 0 saturated carbocycles. The summed E-state index contributed by atoms with van der Waals surface area (Å²) >= 11 is 12.0. The molecule has 6 heteroatoms. The number of nitrogens with one attached hydrogen (secondary N) is 1. The third-order valence-electron chi connectivity index (χ3n) is 3.46. The van der Waals surface area contributed by atoms with Crippen LogP contribution in [0.15, 0.2) is 30.6 Å². The minimum atomic E-state index is -0.995. The predicted octanol–water partition coefficient (Wildman–Crippen LogP) is 3.29. The molecule has 2 N–H and O–H groups in total. The van der Waals surface area contributed by atoms with Gasteiger partial charge in [0.1, 0.15) is 5.60 Å². The molecule has 1 heterocycles. The van der Waals surface area contributed by atoms with Crippen molar-refractivity contribution in [2.75, 3.05) is 6.54 Å². The Morgan fingerprint density at radius 1 is 1.33 bits per heavy atom. The molecule has 2 atom stereocenters. The quantitative estimate of drug-likeness (QED) is 0.885. The van der Waals surface area contributed by atoms with E-state index in [-0.39, 0.29) is 6.04 Å². The number of aliphatic hydroxyl groups is 1. The molecule has 0 fully saturated rings. The van der Waals surface area contributed by atoms with Crippen LogP contribution >= 0.6 is 23.2 Å². The lowest BCUT2D eigenvalue weighted by Crippen LogP contribution is -2.36. The third kappa shape index (κ3) is 4.20. The molecule has 21 heavy (non-hydrogen) atoms. The minimum Gasteiger partial charge on any atom is -0.384 e. The number of benzene rings is 1. The van der Waals surface area contributed by atoms with Gasteiger partial charge in [-0.3, -0.25) is 4.68 Å². The number of rotatable bonds is 5. The lowest BCUT2D eigenvalue weighted by Gasteiger charge is -2.25. The summed E-state index contributed by atoms with van der Waals surface area (Å²) < 4.78 is 1.67. The van der Waals surface area contributed by atoms with Crippen LogP contribution in [0.2, 0.25) is 10.0 Å². The molecule has 0 bridgehead atoms. The van der Waals surface area contributed by atoms with Crippen molar-refractivity contribution in [2.45, 2.75) is 25.5 Å². The highest BCUT2D eigenvalue weighted by atomic mass is 35.5. The first-order valence-corrected chi connectivity index (χ1v) is 7.44. The summed E-state index contributed by atoms with van der Waals surface area (Å²) in [6.45, 7) is 4.15. The van der Waals surface area contributed by atoms with E-state index in [0.717, 1.165) is 11.1 Å². The molecular formula is C15H19Cl2N3O. The zero-order valence-electron chi connectivity index (χ0n) is 12.3. The standard InChI is InChI=1S/C15H19Cl2N3O/c1-10(11-4-13(16)6-14(17)5-11)18-9-15(2,21)12-7-19-20(3)8-12/h4-8,10,18,21H,9H2,1-3H3. The summed E-state index contributed by atoms with van der Waals surface area (Å²) in [6.07, 6.45) is 3.48. The number of hydrogen-bond acceptors (Lipinski definition) is 3. The molecule has 2 aromatic rings. The molecule has 0 saturated heterocycles. The van der Waals surface area contributed by atoms with Crippen molar-refractivity contribution in [2.24, 2.45) is 7.05 Å². The average molecular weight is 328 g/mol. The normalized spacial score (nSPS) is 15.7. The number of aryl methyl sites for hydroxylation is 1. The highest BCUT2D eigenvalue weighted by Crippen LogP contribution is 2.25. The zero-order chi connectivity index (χ0) is 15.6. The molecule has 2 unspecified atom stereocenters. The highest BCUT2D eigenvalue weighted by Gasteiger charge is 2.25. The molecule has 0 amide bonds. The van der Waals surface area contributed by atoms with E-state index in [1.165, 1.54) is 0 Å². The van der Waals surface area contributed by atoms with Gasteiger partial charge in [-0.1, -0.05) is 23.2 Å². The first-order valence-electron chi connectivity index (χ1n) is 6.69. The van der Waals surface area contributed by atoms with Gasteiger partial charge < -0.3 is 10.4 Å². The van der Waals surface area contributed by atoms with Gasteiger partial charge in [0.15, 0.2) is 0 Å². The molecule has 4 nitrogen and oxygen atoms in total. The van der Waals surface area contributed by atoms with Crippen LogP contribution < -0.4 is 5.32 Å². The summed E-state index contributed by atoms with van der Waals surface area (Å²) in [5.41, 5.74) is 0.758. The van der Waals surface area contributed by atoms with Crippen LogP contribution in [0.1, 0.15) is 31.0 Å². The van der Waals surface area contributed by atoms with Crippen LogP contribution in [-0.2, 0) is 12.6 Å². The van der Waals surface area contributed by atoms with Gasteiger partial charge in [-0.15, -0.1) is 0 Å². The Kier molecular flexibility index (Phi) is 4.94. The topological polar surface area (TPSA) is 50.1 Å². The van der Waals surface area contributed by atoms with E-state index >= 15 is 0 Å². The van der Waals surface area contributed by atoms with E-state index in [0.29, 0.717) is 16.6 Å². The van der Waals surface area contributed by atoms with Crippen LogP contribution in [0.4, 0.5) is 0 Å². The number of aromatic nitrogens is 2. The molecule has 1 aromatic carbocycles. The van der Waals surface area contributed by atoms with E-state index in [1.54, 1.807) is 23.9 Å². The van der Waals surface area contributed by atoms with Gasteiger partial charge in [0.25, 0.3) is 0 Å². The monoisotopic (exact) mass is 327 g/mol. The van der Waals surface area contributed by atoms with Crippen molar-refractivity contribution in [3.63, 3.8) is 0 Å². The van der Waals surface area contributed by atoms with Crippen molar-refractivity contribution in [3.05, 3.63) is 51.8 Å². The minimum absolute atomic E-state index is 0.0179. The Bertz CT molecular complexity index is 605. The highest BCUT2D eigenvalue weighted by molar-refractivity contribution is 6.34. The van der Waals surface area contributed by atoms with Gasteiger partial charge in [-0.25, -0.2) is 0 Å². The Morgan fingerprint density at radius 2 is 1.95 bits per heavy atom. The Morgan fingerprint density at radius 3 is 2.48 bits per heavy atom. The molecule has 0 radical (unpaired) electrons. The van der Waals surface area contributed by atoms with Crippen molar-refractivity contribution >= 4 is 23.2 Å². The van der Waals surface area contributed by atoms with Crippen LogP contribution in [0.5, 0.6) is 0 Å². The number of halogens is 2. The molecule has 0 aliphatic rings. The van der Waals surface area contributed by atoms with E-state index in [9.17, 15) is 5.11 Å². The van der Waals surface area contributed by atoms with Crippen molar-refractivity contribution < 1.29 is 5.11 Å². The second-order valence-electron chi connectivity index (χ2n) is 5.48. The number of nitrogens with zero attached hydrogens (tertiary/aromatic N) is 2. The molecule has 1 aromatic heterocycles. The van der Waals surface area contributed by atoms with E-state index < -0.39 is 5.60 Å². The predicted molar refractivity (Wildman–Crippen MR) is 85.7 cm³/mol. The fourth-order valence-corrected chi connectivity index (χ4v) is 2.64. The second kappa shape index (κ2) is 6.36. The maximum Gasteiger partial charge on any atom is 0.102 e. The Hall–Kier alpha value is -1.07. The summed E-state index contributed by atoms with van der Waals surface area (Å²) in [6, 6.07) is 5.45. The first-order chi connectivity index (χ1) is 9.78.